The number of nitrogens with one attached hydrogen (secondary N) is 1. The molecular weight excluding hydrogens is 565 g/mol. The summed E-state index contributed by atoms with van der Waals surface area (Å²) < 4.78 is 2.09. The van der Waals surface area contributed by atoms with Gasteiger partial charge in [-0.15, -0.1) is 0 Å². The van der Waals surface area contributed by atoms with Crippen molar-refractivity contribution in [1.82, 2.24) is 14.5 Å². The van der Waals surface area contributed by atoms with Gasteiger partial charge in [0.15, 0.2) is 0 Å². The molecule has 1 aromatic heterocycles. The first-order chi connectivity index (χ1) is 17.5. The van der Waals surface area contributed by atoms with E-state index in [1.54, 1.807) is 10.8 Å². The number of hydrogen-bond donors (Lipinski definition) is 2. The van der Waals surface area contributed by atoms with E-state index in [2.05, 4.69) is 82.7 Å². The highest BCUT2D eigenvalue weighted by Crippen LogP contribution is 2.45. The number of benzene rings is 3. The Hall–Kier alpha value is -3.01. The first-order valence-electron chi connectivity index (χ1n) is 12.1. The molecule has 5 rings (SSSR count). The Bertz CT molecular complexity index is 1320. The standard InChI is InChI=1S/C29H28IN3O3/c30-26-19-33(28(36)31-27(26)35)25-16-21(20-34)17-32(18-25)29(22-10-4-1-5-11-22,23-12-6-2-7-13-23)24-14-8-3-9-15-24/h1-15,19,21,25,34H,16-18,20H2,(H,31,35,36)/t21-,25+/m0/s1. The van der Waals surface area contributed by atoms with E-state index in [-0.39, 0.29) is 24.1 Å². The number of halogens is 1. The molecule has 2 atom stereocenters. The third-order valence-corrected chi connectivity index (χ3v) is 7.91. The highest BCUT2D eigenvalue weighted by molar-refractivity contribution is 14.1. The van der Waals surface area contributed by atoms with Crippen LogP contribution >= 0.6 is 22.6 Å². The predicted octanol–water partition coefficient (Wildman–Crippen LogP) is 3.99. The molecule has 6 nitrogen and oxygen atoms in total. The molecule has 0 spiro atoms. The molecule has 0 bridgehead atoms. The fraction of sp³-hybridized carbons (Fsp3) is 0.241. The van der Waals surface area contributed by atoms with Gasteiger partial charge in [-0.2, -0.15) is 0 Å². The summed E-state index contributed by atoms with van der Waals surface area (Å²) in [6.07, 6.45) is 2.28. The number of aromatic amines is 1. The minimum atomic E-state index is -0.644. The monoisotopic (exact) mass is 593 g/mol. The molecule has 3 aromatic carbocycles. The van der Waals surface area contributed by atoms with E-state index in [1.807, 2.05) is 40.8 Å². The molecule has 1 aliphatic heterocycles. The van der Waals surface area contributed by atoms with Crippen molar-refractivity contribution in [3.63, 3.8) is 0 Å². The normalized spacial score (nSPS) is 18.7. The first-order valence-corrected chi connectivity index (χ1v) is 13.2. The van der Waals surface area contributed by atoms with Gasteiger partial charge < -0.3 is 5.11 Å². The number of piperidine rings is 1. The number of likely N-dealkylation sites (tertiary alicyclic amines) is 1. The number of nitrogens with zero attached hydrogens (tertiary/aromatic N) is 2. The minimum absolute atomic E-state index is 0.0106. The van der Waals surface area contributed by atoms with Crippen molar-refractivity contribution in [3.8, 4) is 0 Å². The van der Waals surface area contributed by atoms with Gasteiger partial charge in [0.25, 0.3) is 5.56 Å². The number of rotatable bonds is 6. The van der Waals surface area contributed by atoms with Gasteiger partial charge in [0.1, 0.15) is 0 Å². The number of aliphatic hydroxyl groups excluding tert-OH is 1. The van der Waals surface area contributed by atoms with Crippen LogP contribution in [0.25, 0.3) is 0 Å². The number of aromatic nitrogens is 2. The second-order valence-corrected chi connectivity index (χ2v) is 10.5. The quantitative estimate of drug-likeness (QED) is 0.262. The maximum Gasteiger partial charge on any atom is 0.328 e. The van der Waals surface area contributed by atoms with Crippen LogP contribution in [0.3, 0.4) is 0 Å². The van der Waals surface area contributed by atoms with Gasteiger partial charge in [0, 0.05) is 25.9 Å². The van der Waals surface area contributed by atoms with Crippen LogP contribution in [0.1, 0.15) is 29.2 Å². The Kier molecular flexibility index (Phi) is 7.22. The average molecular weight is 593 g/mol. The van der Waals surface area contributed by atoms with Crippen molar-refractivity contribution in [1.29, 1.82) is 0 Å². The van der Waals surface area contributed by atoms with Crippen LogP contribution in [0.2, 0.25) is 0 Å². The minimum Gasteiger partial charge on any atom is -0.396 e. The van der Waals surface area contributed by atoms with Gasteiger partial charge in [0.05, 0.1) is 15.2 Å². The third kappa shape index (κ3) is 4.47. The van der Waals surface area contributed by atoms with Crippen LogP contribution in [0, 0.1) is 9.49 Å². The first kappa shape index (κ1) is 24.7. The third-order valence-electron chi connectivity index (χ3n) is 7.14. The van der Waals surface area contributed by atoms with Crippen LogP contribution < -0.4 is 11.2 Å². The summed E-state index contributed by atoms with van der Waals surface area (Å²) in [5, 5.41) is 10.3. The van der Waals surface area contributed by atoms with Gasteiger partial charge in [-0.1, -0.05) is 91.0 Å². The molecule has 2 N–H and O–H groups in total. The predicted molar refractivity (Wildman–Crippen MR) is 149 cm³/mol. The molecule has 0 aliphatic carbocycles. The lowest BCUT2D eigenvalue weighted by Gasteiger charge is -2.50. The molecule has 184 valence electrons. The molecule has 0 radical (unpaired) electrons. The average Bonchev–Trinajstić information content (AvgIpc) is 2.93. The van der Waals surface area contributed by atoms with E-state index >= 15 is 0 Å². The van der Waals surface area contributed by atoms with Crippen LogP contribution in [0.15, 0.2) is 107 Å². The molecule has 0 amide bonds. The SMILES string of the molecule is O=c1[nH]c(=O)n([C@@H]2C[C@H](CO)CN(C(c3ccccc3)(c3ccccc3)c3ccccc3)C2)cc1I. The fourth-order valence-electron chi connectivity index (χ4n) is 5.60. The van der Waals surface area contributed by atoms with Crippen LogP contribution in [0.4, 0.5) is 0 Å². The van der Waals surface area contributed by atoms with Crippen molar-refractivity contribution in [2.75, 3.05) is 19.7 Å². The van der Waals surface area contributed by atoms with Crippen molar-refractivity contribution in [2.24, 2.45) is 5.92 Å². The molecule has 1 fully saturated rings. The molecule has 1 saturated heterocycles. The Morgan fingerprint density at radius 1 is 0.833 bits per heavy atom. The maximum atomic E-state index is 12.9. The molecule has 0 saturated carbocycles. The Morgan fingerprint density at radius 2 is 1.33 bits per heavy atom. The van der Waals surface area contributed by atoms with Gasteiger partial charge in [-0.25, -0.2) is 4.79 Å². The van der Waals surface area contributed by atoms with Gasteiger partial charge in [0.2, 0.25) is 0 Å². The van der Waals surface area contributed by atoms with Crippen LogP contribution in [-0.4, -0.2) is 39.3 Å². The summed E-state index contributed by atoms with van der Waals surface area (Å²) in [6.45, 7) is 1.23. The lowest BCUT2D eigenvalue weighted by Crippen LogP contribution is -2.56. The Balaban J connectivity index is 1.74. The smallest absolute Gasteiger partial charge is 0.328 e. The van der Waals surface area contributed by atoms with E-state index in [4.69, 9.17) is 0 Å². The summed E-state index contributed by atoms with van der Waals surface area (Å²) in [5.41, 5.74) is 1.90. The molecule has 4 aromatic rings. The van der Waals surface area contributed by atoms with Crippen molar-refractivity contribution in [2.45, 2.75) is 18.0 Å². The molecule has 2 heterocycles. The van der Waals surface area contributed by atoms with Crippen LogP contribution in [0.5, 0.6) is 0 Å². The molecule has 0 unspecified atom stereocenters. The van der Waals surface area contributed by atoms with E-state index < -0.39 is 11.2 Å². The van der Waals surface area contributed by atoms with Gasteiger partial charge in [-0.05, 0) is 51.6 Å². The maximum absolute atomic E-state index is 12.9. The zero-order valence-electron chi connectivity index (χ0n) is 19.8. The number of aliphatic hydroxyl groups is 1. The van der Waals surface area contributed by atoms with E-state index in [9.17, 15) is 14.7 Å². The lowest BCUT2D eigenvalue weighted by molar-refractivity contribution is 0.0373. The van der Waals surface area contributed by atoms with E-state index in [0.29, 0.717) is 23.1 Å². The van der Waals surface area contributed by atoms with Crippen molar-refractivity contribution < 1.29 is 5.11 Å². The zero-order valence-corrected chi connectivity index (χ0v) is 21.9. The van der Waals surface area contributed by atoms with Gasteiger partial charge >= 0.3 is 5.69 Å². The number of hydrogen-bond acceptors (Lipinski definition) is 4. The second-order valence-electron chi connectivity index (χ2n) is 9.30. The summed E-state index contributed by atoms with van der Waals surface area (Å²) in [7, 11) is 0. The van der Waals surface area contributed by atoms with Crippen molar-refractivity contribution in [3.05, 3.63) is 138 Å². The van der Waals surface area contributed by atoms with E-state index in [0.717, 1.165) is 16.7 Å². The number of H-pyrrole nitrogens is 1. The highest BCUT2D eigenvalue weighted by atomic mass is 127. The van der Waals surface area contributed by atoms with Crippen LogP contribution in [-0.2, 0) is 5.54 Å². The lowest BCUT2D eigenvalue weighted by atomic mass is 9.73. The Labute approximate surface area is 223 Å². The molecule has 36 heavy (non-hydrogen) atoms. The molecular formula is C29H28IN3O3. The summed E-state index contributed by atoms with van der Waals surface area (Å²) in [6, 6.07) is 31.0. The fourth-order valence-corrected chi connectivity index (χ4v) is 6.03. The zero-order chi connectivity index (χ0) is 25.1. The summed E-state index contributed by atoms with van der Waals surface area (Å²) >= 11 is 1.96. The van der Waals surface area contributed by atoms with Gasteiger partial charge in [-0.3, -0.25) is 19.2 Å². The summed E-state index contributed by atoms with van der Waals surface area (Å²) in [5.74, 6) is -0.0456. The molecule has 7 heteroatoms. The Morgan fingerprint density at radius 3 is 1.81 bits per heavy atom. The largest absolute Gasteiger partial charge is 0.396 e. The molecule has 1 aliphatic rings. The van der Waals surface area contributed by atoms with E-state index in [1.165, 1.54) is 0 Å². The highest BCUT2D eigenvalue weighted by Gasteiger charge is 2.45. The summed E-state index contributed by atoms with van der Waals surface area (Å²) in [4.78, 5) is 29.8. The van der Waals surface area contributed by atoms with Crippen molar-refractivity contribution >= 4 is 22.6 Å². The topological polar surface area (TPSA) is 78.3 Å². The second kappa shape index (κ2) is 10.5.